The van der Waals surface area contributed by atoms with Crippen LogP contribution in [0.1, 0.15) is 36.5 Å². The summed E-state index contributed by atoms with van der Waals surface area (Å²) in [5, 5.41) is 0. The minimum absolute atomic E-state index is 0.172. The lowest BCUT2D eigenvalue weighted by atomic mass is 10.0. The Bertz CT molecular complexity index is 377. The maximum Gasteiger partial charge on any atom is 0.162 e. The molecule has 3 nitrogen and oxygen atoms in total. The molecule has 0 unspecified atom stereocenters. The summed E-state index contributed by atoms with van der Waals surface area (Å²) in [6.07, 6.45) is 2.70. The van der Waals surface area contributed by atoms with Crippen LogP contribution in [-0.2, 0) is 4.74 Å². The second-order valence-corrected chi connectivity index (χ2v) is 4.67. The lowest BCUT2D eigenvalue weighted by Gasteiger charge is -2.22. The van der Waals surface area contributed by atoms with Gasteiger partial charge in [-0.05, 0) is 43.0 Å². The number of Topliss-reactive ketones (excluding diaryl/α,β-unsaturated/α-hetero) is 1. The lowest BCUT2D eigenvalue weighted by Crippen LogP contribution is -2.21. The van der Waals surface area contributed by atoms with Gasteiger partial charge in [0.15, 0.2) is 5.78 Å². The number of carbonyl (C=O) groups excluding carboxylic acids is 1. The lowest BCUT2D eigenvalue weighted by molar-refractivity contribution is 0.0497. The Labute approximate surface area is 108 Å². The van der Waals surface area contributed by atoms with Gasteiger partial charge in [0.1, 0.15) is 5.75 Å². The number of ketones is 1. The Kier molecular flexibility index (Phi) is 4.76. The van der Waals surface area contributed by atoms with Crippen LogP contribution in [0.4, 0.5) is 0 Å². The quantitative estimate of drug-likeness (QED) is 0.751. The van der Waals surface area contributed by atoms with Gasteiger partial charge < -0.3 is 9.47 Å². The van der Waals surface area contributed by atoms with E-state index in [1.54, 1.807) is 0 Å². The number of hydrogen-bond acceptors (Lipinski definition) is 3. The molecule has 1 aliphatic heterocycles. The van der Waals surface area contributed by atoms with E-state index in [-0.39, 0.29) is 5.78 Å². The fraction of sp³-hybridized carbons (Fsp3) is 0.533. The predicted molar refractivity (Wildman–Crippen MR) is 70.1 cm³/mol. The molecule has 1 heterocycles. The van der Waals surface area contributed by atoms with Crippen molar-refractivity contribution in [1.29, 1.82) is 0 Å². The van der Waals surface area contributed by atoms with Gasteiger partial charge in [0.2, 0.25) is 0 Å². The Morgan fingerprint density at radius 3 is 2.56 bits per heavy atom. The van der Waals surface area contributed by atoms with E-state index in [4.69, 9.17) is 9.47 Å². The van der Waals surface area contributed by atoms with Gasteiger partial charge in [0.25, 0.3) is 0 Å². The molecule has 0 amide bonds. The van der Waals surface area contributed by atoms with Crippen LogP contribution in [0.2, 0.25) is 0 Å². The number of hydrogen-bond donors (Lipinski definition) is 0. The van der Waals surface area contributed by atoms with E-state index in [9.17, 15) is 4.79 Å². The van der Waals surface area contributed by atoms with Crippen LogP contribution < -0.4 is 4.74 Å². The minimum atomic E-state index is 0.172. The third-order valence-corrected chi connectivity index (χ3v) is 3.32. The monoisotopic (exact) mass is 248 g/mol. The largest absolute Gasteiger partial charge is 0.493 e. The number of ether oxygens (including phenoxy) is 2. The highest BCUT2D eigenvalue weighted by Crippen LogP contribution is 2.18. The smallest absolute Gasteiger partial charge is 0.162 e. The SMILES string of the molecule is CCC(=O)c1ccc(OCC2CCOCC2)cc1. The van der Waals surface area contributed by atoms with Crippen LogP contribution in [0.3, 0.4) is 0 Å². The molecule has 2 rings (SSSR count). The summed E-state index contributed by atoms with van der Waals surface area (Å²) in [4.78, 5) is 11.5. The molecule has 1 saturated heterocycles. The van der Waals surface area contributed by atoms with Crippen molar-refractivity contribution in [2.45, 2.75) is 26.2 Å². The van der Waals surface area contributed by atoms with E-state index in [1.807, 2.05) is 31.2 Å². The minimum Gasteiger partial charge on any atom is -0.493 e. The summed E-state index contributed by atoms with van der Waals surface area (Å²) < 4.78 is 11.1. The van der Waals surface area contributed by atoms with Crippen molar-refractivity contribution in [2.24, 2.45) is 5.92 Å². The zero-order valence-corrected chi connectivity index (χ0v) is 10.9. The van der Waals surface area contributed by atoms with Crippen LogP contribution in [0, 0.1) is 5.92 Å². The second-order valence-electron chi connectivity index (χ2n) is 4.67. The van der Waals surface area contributed by atoms with Gasteiger partial charge in [-0.25, -0.2) is 0 Å². The average molecular weight is 248 g/mol. The van der Waals surface area contributed by atoms with Crippen LogP contribution in [-0.4, -0.2) is 25.6 Å². The summed E-state index contributed by atoms with van der Waals surface area (Å²) in [6.45, 7) is 4.30. The van der Waals surface area contributed by atoms with Gasteiger partial charge in [-0.3, -0.25) is 4.79 Å². The van der Waals surface area contributed by atoms with Crippen molar-refractivity contribution in [3.8, 4) is 5.75 Å². The highest BCUT2D eigenvalue weighted by Gasteiger charge is 2.14. The first kappa shape index (κ1) is 13.1. The summed E-state index contributed by atoms with van der Waals surface area (Å²) in [6, 6.07) is 7.43. The molecular weight excluding hydrogens is 228 g/mol. The molecule has 3 heteroatoms. The first-order valence-corrected chi connectivity index (χ1v) is 6.63. The van der Waals surface area contributed by atoms with Crippen LogP contribution >= 0.6 is 0 Å². The molecule has 1 fully saturated rings. The molecule has 0 radical (unpaired) electrons. The van der Waals surface area contributed by atoms with Crippen molar-refractivity contribution in [3.05, 3.63) is 29.8 Å². The van der Waals surface area contributed by atoms with E-state index in [0.29, 0.717) is 12.3 Å². The van der Waals surface area contributed by atoms with E-state index in [2.05, 4.69) is 0 Å². The number of benzene rings is 1. The molecule has 1 aliphatic rings. The van der Waals surface area contributed by atoms with E-state index < -0.39 is 0 Å². The van der Waals surface area contributed by atoms with E-state index >= 15 is 0 Å². The molecule has 0 saturated carbocycles. The fourth-order valence-corrected chi connectivity index (χ4v) is 2.07. The first-order chi connectivity index (χ1) is 8.79. The molecule has 0 spiro atoms. The molecule has 98 valence electrons. The molecule has 1 aromatic rings. The molecule has 0 N–H and O–H groups in total. The van der Waals surface area contributed by atoms with E-state index in [1.165, 1.54) is 0 Å². The molecular formula is C15H20O3. The summed E-state index contributed by atoms with van der Waals surface area (Å²) in [7, 11) is 0. The van der Waals surface area contributed by atoms with Crippen molar-refractivity contribution in [3.63, 3.8) is 0 Å². The Balaban J connectivity index is 1.84. The summed E-state index contributed by atoms with van der Waals surface area (Å²) >= 11 is 0. The maximum atomic E-state index is 11.5. The van der Waals surface area contributed by atoms with Gasteiger partial charge in [0, 0.05) is 25.2 Å². The van der Waals surface area contributed by atoms with Crippen LogP contribution in [0.15, 0.2) is 24.3 Å². The molecule has 0 bridgehead atoms. The average Bonchev–Trinajstić information content (AvgIpc) is 2.46. The van der Waals surface area contributed by atoms with Gasteiger partial charge in [-0.2, -0.15) is 0 Å². The van der Waals surface area contributed by atoms with Crippen molar-refractivity contribution >= 4 is 5.78 Å². The van der Waals surface area contributed by atoms with Crippen molar-refractivity contribution in [2.75, 3.05) is 19.8 Å². The molecule has 0 aliphatic carbocycles. The number of rotatable bonds is 5. The Hall–Kier alpha value is -1.35. The normalized spacial score (nSPS) is 16.5. The summed E-state index contributed by atoms with van der Waals surface area (Å²) in [5.41, 5.74) is 0.760. The maximum absolute atomic E-state index is 11.5. The standard InChI is InChI=1S/C15H20O3/c1-2-15(16)13-3-5-14(6-4-13)18-11-12-7-9-17-10-8-12/h3-6,12H,2,7-11H2,1H3. The third kappa shape index (κ3) is 3.57. The van der Waals surface area contributed by atoms with Gasteiger partial charge in [-0.1, -0.05) is 6.92 Å². The topological polar surface area (TPSA) is 35.5 Å². The molecule has 18 heavy (non-hydrogen) atoms. The Morgan fingerprint density at radius 2 is 1.94 bits per heavy atom. The van der Waals surface area contributed by atoms with Crippen LogP contribution in [0.25, 0.3) is 0 Å². The Morgan fingerprint density at radius 1 is 1.28 bits per heavy atom. The predicted octanol–water partition coefficient (Wildman–Crippen LogP) is 3.08. The van der Waals surface area contributed by atoms with Crippen molar-refractivity contribution < 1.29 is 14.3 Å². The van der Waals surface area contributed by atoms with Gasteiger partial charge in [-0.15, -0.1) is 0 Å². The van der Waals surface area contributed by atoms with E-state index in [0.717, 1.165) is 44.0 Å². The van der Waals surface area contributed by atoms with Gasteiger partial charge >= 0.3 is 0 Å². The van der Waals surface area contributed by atoms with Gasteiger partial charge in [0.05, 0.1) is 6.61 Å². The zero-order chi connectivity index (χ0) is 12.8. The highest BCUT2D eigenvalue weighted by atomic mass is 16.5. The fourth-order valence-electron chi connectivity index (χ4n) is 2.07. The van der Waals surface area contributed by atoms with Crippen molar-refractivity contribution in [1.82, 2.24) is 0 Å². The molecule has 0 atom stereocenters. The first-order valence-electron chi connectivity index (χ1n) is 6.63. The third-order valence-electron chi connectivity index (χ3n) is 3.32. The molecule has 0 aromatic heterocycles. The number of carbonyl (C=O) groups is 1. The zero-order valence-electron chi connectivity index (χ0n) is 10.9. The second kappa shape index (κ2) is 6.55. The summed E-state index contributed by atoms with van der Waals surface area (Å²) in [5.74, 6) is 1.61. The molecule has 1 aromatic carbocycles. The van der Waals surface area contributed by atoms with Crippen LogP contribution in [0.5, 0.6) is 5.75 Å². The highest BCUT2D eigenvalue weighted by molar-refractivity contribution is 5.95.